The van der Waals surface area contributed by atoms with Crippen LogP contribution in [0.25, 0.3) is 0 Å². The molecule has 0 aliphatic carbocycles. The second-order valence-corrected chi connectivity index (χ2v) is 8.41. The zero-order valence-corrected chi connectivity index (χ0v) is 18.3. The number of nitrogens with one attached hydrogen (secondary N) is 1. The molecule has 1 radical (unpaired) electrons. The summed E-state index contributed by atoms with van der Waals surface area (Å²) in [6, 6.07) is 7.60. The van der Waals surface area contributed by atoms with E-state index in [1.165, 1.54) is 6.42 Å². The van der Waals surface area contributed by atoms with E-state index in [-0.39, 0.29) is 17.1 Å². The average Bonchev–Trinajstić information content (AvgIpc) is 2.64. The smallest absolute Gasteiger partial charge is 0.508 e. The third-order valence-corrected chi connectivity index (χ3v) is 6.33. The maximum Gasteiger partial charge on any atom is 2.00 e. The van der Waals surface area contributed by atoms with Crippen LogP contribution in [-0.2, 0) is 23.5 Å². The number of halogens is 1. The van der Waals surface area contributed by atoms with Crippen LogP contribution in [0.3, 0.4) is 0 Å². The minimum absolute atomic E-state index is 0. The normalized spacial score (nSPS) is 31.0. The largest absolute Gasteiger partial charge is 2.00 e. The predicted octanol–water partition coefficient (Wildman–Crippen LogP) is 1.80. The predicted molar refractivity (Wildman–Crippen MR) is 108 cm³/mol. The second-order valence-electron chi connectivity index (χ2n) is 7.71. The fraction of sp³-hybridized carbons (Fsp3) is 0.700. The number of benzene rings is 1. The molecule has 1 aromatic carbocycles. The van der Waals surface area contributed by atoms with E-state index in [4.69, 9.17) is 11.6 Å². The Morgan fingerprint density at radius 3 is 2.63 bits per heavy atom. The number of alkyl halides is 1. The monoisotopic (exact) mass is 435 g/mol. The molecular weight excluding hydrogens is 403 g/mol. The molecule has 0 amide bonds. The summed E-state index contributed by atoms with van der Waals surface area (Å²) in [4.78, 5) is 6.92. The summed E-state index contributed by atoms with van der Waals surface area (Å²) in [6.45, 7) is 9.31. The molecule has 151 valence electrons. The van der Waals surface area contributed by atoms with Gasteiger partial charge in [-0.25, -0.2) is 0 Å². The summed E-state index contributed by atoms with van der Waals surface area (Å²) in [5.74, 6) is 0.346. The Hall–Kier alpha value is -0.331. The first-order valence-electron chi connectivity index (χ1n) is 9.89. The first-order valence-corrected chi connectivity index (χ1v) is 10.3. The van der Waals surface area contributed by atoms with Crippen LogP contribution in [0.15, 0.2) is 24.3 Å². The fourth-order valence-corrected chi connectivity index (χ4v) is 4.37. The summed E-state index contributed by atoms with van der Waals surface area (Å²) < 4.78 is 0. The molecule has 27 heavy (non-hydrogen) atoms. The van der Waals surface area contributed by atoms with Gasteiger partial charge in [0.05, 0.1) is 0 Å². The Morgan fingerprint density at radius 2 is 1.81 bits per heavy atom. The van der Waals surface area contributed by atoms with Gasteiger partial charge in [0.2, 0.25) is 0 Å². The zero-order chi connectivity index (χ0) is 18.4. The molecule has 0 spiro atoms. The molecule has 7 heteroatoms. The molecular formula is C20H33ClMnN4O+2. The molecule has 3 unspecified atom stereocenters. The van der Waals surface area contributed by atoms with E-state index in [1.54, 1.807) is 6.07 Å². The van der Waals surface area contributed by atoms with Gasteiger partial charge in [-0.1, -0.05) is 18.2 Å². The van der Waals surface area contributed by atoms with Gasteiger partial charge in [0, 0.05) is 52.2 Å². The van der Waals surface area contributed by atoms with Crippen molar-refractivity contribution in [2.45, 2.75) is 24.3 Å². The molecule has 3 rings (SSSR count). The average molecular weight is 436 g/mol. The molecule has 5 nitrogen and oxygen atoms in total. The van der Waals surface area contributed by atoms with Crippen molar-refractivity contribution in [3.63, 3.8) is 0 Å². The number of phenolic OH excluding ortho intramolecular Hbond substituents is 1. The quantitative estimate of drug-likeness (QED) is 0.421. The van der Waals surface area contributed by atoms with Crippen molar-refractivity contribution in [3.05, 3.63) is 29.8 Å². The van der Waals surface area contributed by atoms with E-state index >= 15 is 0 Å². The summed E-state index contributed by atoms with van der Waals surface area (Å²) >= 11 is 7.30. The number of rotatable bonds is 2. The molecule has 3 atom stereocenters. The number of nitrogens with zero attached hydrogens (tertiary/aromatic N) is 3. The second kappa shape index (κ2) is 11.0. The number of fused-ring (bicyclic) bond motifs is 3. The van der Waals surface area contributed by atoms with Crippen LogP contribution in [0.5, 0.6) is 5.75 Å². The Labute approximate surface area is 179 Å². The van der Waals surface area contributed by atoms with Crippen molar-refractivity contribution in [1.29, 1.82) is 0 Å². The topological polar surface area (TPSA) is 42.0 Å². The van der Waals surface area contributed by atoms with E-state index in [0.29, 0.717) is 12.2 Å². The molecule has 0 saturated carbocycles. The number of para-hydroxylation sites is 1. The molecule has 2 N–H and O–H groups in total. The van der Waals surface area contributed by atoms with Crippen molar-refractivity contribution in [2.24, 2.45) is 0 Å². The van der Waals surface area contributed by atoms with Gasteiger partial charge < -0.3 is 20.2 Å². The third-order valence-electron chi connectivity index (χ3n) is 5.77. The summed E-state index contributed by atoms with van der Waals surface area (Å²) in [5, 5.41) is 13.8. The van der Waals surface area contributed by atoms with Crippen molar-refractivity contribution in [1.82, 2.24) is 20.0 Å². The van der Waals surface area contributed by atoms with Crippen LogP contribution in [0, 0.1) is 0 Å². The Balaban J connectivity index is 0.00000261. The maximum atomic E-state index is 10.3. The van der Waals surface area contributed by atoms with E-state index in [0.717, 1.165) is 70.9 Å². The van der Waals surface area contributed by atoms with E-state index in [1.807, 2.05) is 18.2 Å². The van der Waals surface area contributed by atoms with Gasteiger partial charge >= 0.3 is 17.1 Å². The summed E-state index contributed by atoms with van der Waals surface area (Å²) in [7, 11) is 2.19. The molecule has 2 aliphatic heterocycles. The molecule has 2 bridgehead atoms. The van der Waals surface area contributed by atoms with Crippen LogP contribution in [-0.4, -0.2) is 90.8 Å². The molecule has 0 aromatic heterocycles. The number of hydrogen-bond acceptors (Lipinski definition) is 5. The molecule has 2 fully saturated rings. The Kier molecular flexibility index (Phi) is 9.36. The minimum atomic E-state index is -0.475. The van der Waals surface area contributed by atoms with E-state index in [9.17, 15) is 5.11 Å². The van der Waals surface area contributed by atoms with Gasteiger partial charge in [-0.15, -0.1) is 11.6 Å². The number of aromatic hydroxyl groups is 1. The molecule has 2 heterocycles. The van der Waals surface area contributed by atoms with Gasteiger partial charge in [-0.05, 0) is 44.6 Å². The number of hydrogen-bond donors (Lipinski definition) is 2. The maximum absolute atomic E-state index is 10.3. The van der Waals surface area contributed by atoms with Gasteiger partial charge in [-0.2, -0.15) is 0 Å². The Morgan fingerprint density at radius 1 is 1.04 bits per heavy atom. The molecule has 2 aliphatic rings. The summed E-state index contributed by atoms with van der Waals surface area (Å²) in [6.07, 6.45) is 2.75. The van der Waals surface area contributed by atoms with Crippen LogP contribution in [0.1, 0.15) is 18.4 Å². The minimum Gasteiger partial charge on any atom is -0.508 e. The van der Waals surface area contributed by atoms with Gasteiger partial charge in [-0.3, -0.25) is 4.90 Å². The first kappa shape index (κ1) is 23.0. The Bertz CT molecular complexity index is 579. The molecule has 2 saturated heterocycles. The van der Waals surface area contributed by atoms with Crippen LogP contribution in [0.2, 0.25) is 0 Å². The van der Waals surface area contributed by atoms with Crippen molar-refractivity contribution >= 4 is 11.6 Å². The van der Waals surface area contributed by atoms with E-state index < -0.39 is 5.00 Å². The number of likely N-dealkylation sites (N-methyl/N-ethyl adjacent to an activating group) is 1. The third kappa shape index (κ3) is 6.60. The van der Waals surface area contributed by atoms with Crippen molar-refractivity contribution < 1.29 is 22.2 Å². The van der Waals surface area contributed by atoms with Crippen molar-refractivity contribution in [2.75, 3.05) is 66.0 Å². The SMILES string of the molecule is CN1CCN2CCCNCCN(CC2)C(Cl)(Cc2ccccc2O)CC1.[Mn+2]. The van der Waals surface area contributed by atoms with Crippen LogP contribution < -0.4 is 5.32 Å². The first-order chi connectivity index (χ1) is 12.6. The molecule has 1 aromatic rings. The van der Waals surface area contributed by atoms with Gasteiger partial charge in [0.1, 0.15) is 10.7 Å². The van der Waals surface area contributed by atoms with Gasteiger partial charge in [0.15, 0.2) is 0 Å². The zero-order valence-electron chi connectivity index (χ0n) is 16.3. The van der Waals surface area contributed by atoms with Crippen molar-refractivity contribution in [3.8, 4) is 5.75 Å². The standard InChI is InChI=1S/C20H33ClN4O.Mn/c1-23-11-7-20(21,17-18-5-2-3-6-19(18)26)25-12-9-22-8-4-10-24(14-13-23)15-16-25;/h2-3,5-6,22,26H,4,7-17H2,1H3;/q;+2. The number of phenols is 1. The van der Waals surface area contributed by atoms with Crippen LogP contribution in [0.4, 0.5) is 0 Å². The summed E-state index contributed by atoms with van der Waals surface area (Å²) in [5.41, 5.74) is 0.934. The fourth-order valence-electron chi connectivity index (χ4n) is 3.97. The van der Waals surface area contributed by atoms with E-state index in [2.05, 4.69) is 27.1 Å². The van der Waals surface area contributed by atoms with Crippen LogP contribution >= 0.6 is 11.6 Å². The van der Waals surface area contributed by atoms with Gasteiger partial charge in [0.25, 0.3) is 0 Å².